The fraction of sp³-hybridized carbons (Fsp3) is 0.133. The maximum Gasteiger partial charge on any atom is 0.317 e. The highest BCUT2D eigenvalue weighted by atomic mass is 35.5. The molecule has 0 bridgehead atoms. The average molecular weight is 362 g/mol. The van der Waals surface area contributed by atoms with Crippen molar-refractivity contribution in [1.82, 2.24) is 0 Å². The predicted molar refractivity (Wildman–Crippen MR) is 88.9 cm³/mol. The van der Waals surface area contributed by atoms with Gasteiger partial charge in [-0.2, -0.15) is 0 Å². The Kier molecular flexibility index (Phi) is 5.82. The molecule has 0 fully saturated rings. The lowest BCUT2D eigenvalue weighted by molar-refractivity contribution is -0.136. The van der Waals surface area contributed by atoms with Crippen molar-refractivity contribution in [3.63, 3.8) is 0 Å². The first kappa shape index (κ1) is 16.5. The van der Waals surface area contributed by atoms with Gasteiger partial charge >= 0.3 is 5.97 Å². The lowest BCUT2D eigenvalue weighted by Gasteiger charge is -2.13. The number of carboxylic acid groups (broad SMARTS) is 1. The monoisotopic (exact) mass is 360 g/mol. The smallest absolute Gasteiger partial charge is 0.317 e. The summed E-state index contributed by atoms with van der Waals surface area (Å²) in [4.78, 5) is 12.3. The van der Waals surface area contributed by atoms with Crippen molar-refractivity contribution < 1.29 is 9.90 Å². The topological polar surface area (TPSA) is 37.3 Å². The molecule has 1 N–H and O–H groups in total. The standard InChI is InChI=1S/C15H11Cl3O2S/c16-10-4-6-11(7-5-10)21-13(15(19)20)8-9-2-1-3-12(17)14(9)18/h1-7,13H,8H2,(H,19,20)/t13-/m1/s1. The van der Waals surface area contributed by atoms with Gasteiger partial charge in [-0.05, 0) is 42.3 Å². The van der Waals surface area contributed by atoms with Gasteiger partial charge in [0, 0.05) is 9.92 Å². The summed E-state index contributed by atoms with van der Waals surface area (Å²) in [5.74, 6) is -0.897. The van der Waals surface area contributed by atoms with E-state index in [1.807, 2.05) is 0 Å². The van der Waals surface area contributed by atoms with Gasteiger partial charge in [-0.1, -0.05) is 46.9 Å². The van der Waals surface area contributed by atoms with Crippen molar-refractivity contribution in [2.45, 2.75) is 16.6 Å². The number of aliphatic carboxylic acids is 1. The molecule has 110 valence electrons. The third-order valence-corrected chi connectivity index (χ3v) is 5.11. The number of rotatable bonds is 5. The second-order valence-corrected chi connectivity index (χ2v) is 6.81. The third kappa shape index (κ3) is 4.55. The number of thioether (sulfide) groups is 1. The van der Waals surface area contributed by atoms with Gasteiger partial charge in [-0.3, -0.25) is 4.79 Å². The highest BCUT2D eigenvalue weighted by molar-refractivity contribution is 8.00. The SMILES string of the molecule is O=C(O)[C@@H](Cc1cccc(Cl)c1Cl)Sc1ccc(Cl)cc1. The highest BCUT2D eigenvalue weighted by Crippen LogP contribution is 2.31. The van der Waals surface area contributed by atoms with E-state index < -0.39 is 11.2 Å². The van der Waals surface area contributed by atoms with Gasteiger partial charge in [-0.15, -0.1) is 11.8 Å². The zero-order chi connectivity index (χ0) is 15.4. The van der Waals surface area contributed by atoms with Crippen molar-refractivity contribution >= 4 is 52.5 Å². The molecule has 21 heavy (non-hydrogen) atoms. The molecule has 0 aliphatic carbocycles. The Hall–Kier alpha value is -0.870. The summed E-state index contributed by atoms with van der Waals surface area (Å²) in [6, 6.07) is 12.3. The fourth-order valence-corrected chi connectivity index (χ4v) is 3.27. The number of hydrogen-bond acceptors (Lipinski definition) is 2. The van der Waals surface area contributed by atoms with Crippen LogP contribution in [0.25, 0.3) is 0 Å². The Bertz CT molecular complexity index is 644. The molecule has 0 spiro atoms. The van der Waals surface area contributed by atoms with Gasteiger partial charge in [0.1, 0.15) is 5.25 Å². The molecule has 0 saturated heterocycles. The van der Waals surface area contributed by atoms with Gasteiger partial charge in [0.2, 0.25) is 0 Å². The summed E-state index contributed by atoms with van der Waals surface area (Å²) in [7, 11) is 0. The number of carboxylic acids is 1. The van der Waals surface area contributed by atoms with E-state index in [0.717, 1.165) is 10.5 Å². The normalized spacial score (nSPS) is 12.1. The summed E-state index contributed by atoms with van der Waals surface area (Å²) in [5, 5.41) is 10.2. The van der Waals surface area contributed by atoms with Crippen molar-refractivity contribution in [2.24, 2.45) is 0 Å². The molecule has 0 aliphatic heterocycles. The van der Waals surface area contributed by atoms with E-state index in [4.69, 9.17) is 34.8 Å². The van der Waals surface area contributed by atoms with Crippen LogP contribution in [0, 0.1) is 0 Å². The fourth-order valence-electron chi connectivity index (χ4n) is 1.76. The van der Waals surface area contributed by atoms with Gasteiger partial charge in [0.05, 0.1) is 10.0 Å². The first-order valence-electron chi connectivity index (χ1n) is 6.05. The van der Waals surface area contributed by atoms with Crippen LogP contribution in [0.15, 0.2) is 47.4 Å². The summed E-state index contributed by atoms with van der Waals surface area (Å²) in [6.07, 6.45) is 0.294. The Morgan fingerprint density at radius 3 is 2.38 bits per heavy atom. The minimum absolute atomic E-state index is 0.294. The Morgan fingerprint density at radius 2 is 1.76 bits per heavy atom. The van der Waals surface area contributed by atoms with E-state index >= 15 is 0 Å². The van der Waals surface area contributed by atoms with Crippen LogP contribution < -0.4 is 0 Å². The summed E-state index contributed by atoms with van der Waals surface area (Å²) < 4.78 is 0. The van der Waals surface area contributed by atoms with Crippen LogP contribution in [0.1, 0.15) is 5.56 Å². The van der Waals surface area contributed by atoms with Gasteiger partial charge in [-0.25, -0.2) is 0 Å². The largest absolute Gasteiger partial charge is 0.480 e. The molecule has 0 amide bonds. The quantitative estimate of drug-likeness (QED) is 0.721. The van der Waals surface area contributed by atoms with E-state index in [1.54, 1.807) is 42.5 Å². The number of halogens is 3. The first-order valence-corrected chi connectivity index (χ1v) is 8.06. The average Bonchev–Trinajstić information content (AvgIpc) is 2.45. The molecule has 0 saturated carbocycles. The lowest BCUT2D eigenvalue weighted by atomic mass is 10.1. The van der Waals surface area contributed by atoms with Crippen LogP contribution in [0.3, 0.4) is 0 Å². The van der Waals surface area contributed by atoms with Crippen LogP contribution in [-0.4, -0.2) is 16.3 Å². The molecule has 1 atom stereocenters. The van der Waals surface area contributed by atoms with Crippen molar-refractivity contribution in [1.29, 1.82) is 0 Å². The van der Waals surface area contributed by atoms with Crippen molar-refractivity contribution in [3.05, 3.63) is 63.1 Å². The molecular weight excluding hydrogens is 351 g/mol. The molecule has 0 aromatic heterocycles. The van der Waals surface area contributed by atoms with E-state index in [9.17, 15) is 9.90 Å². The van der Waals surface area contributed by atoms with Crippen LogP contribution >= 0.6 is 46.6 Å². The number of carbonyl (C=O) groups is 1. The number of hydrogen-bond donors (Lipinski definition) is 1. The molecule has 2 rings (SSSR count). The van der Waals surface area contributed by atoms with Crippen LogP contribution in [0.2, 0.25) is 15.1 Å². The second-order valence-electron chi connectivity index (χ2n) is 4.32. The molecule has 0 unspecified atom stereocenters. The zero-order valence-electron chi connectivity index (χ0n) is 10.7. The van der Waals surface area contributed by atoms with Crippen LogP contribution in [0.4, 0.5) is 0 Å². The molecular formula is C15H11Cl3O2S. The molecule has 0 heterocycles. The molecule has 2 nitrogen and oxygen atoms in total. The van der Waals surface area contributed by atoms with Gasteiger partial charge < -0.3 is 5.11 Å². The zero-order valence-corrected chi connectivity index (χ0v) is 13.8. The molecule has 6 heteroatoms. The van der Waals surface area contributed by atoms with E-state index in [-0.39, 0.29) is 0 Å². The van der Waals surface area contributed by atoms with Gasteiger partial charge in [0.15, 0.2) is 0 Å². The highest BCUT2D eigenvalue weighted by Gasteiger charge is 2.21. The maximum atomic E-state index is 11.4. The first-order chi connectivity index (χ1) is 9.97. The summed E-state index contributed by atoms with van der Waals surface area (Å²) in [5.41, 5.74) is 0.720. The Labute approximate surface area is 142 Å². The third-order valence-electron chi connectivity index (χ3n) is 2.80. The predicted octanol–water partition coefficient (Wildman–Crippen LogP) is 5.43. The van der Waals surface area contributed by atoms with Crippen molar-refractivity contribution in [2.75, 3.05) is 0 Å². The Morgan fingerprint density at radius 1 is 1.10 bits per heavy atom. The Balaban J connectivity index is 2.18. The molecule has 2 aromatic carbocycles. The van der Waals surface area contributed by atoms with E-state index in [1.165, 1.54) is 11.8 Å². The van der Waals surface area contributed by atoms with Crippen LogP contribution in [0.5, 0.6) is 0 Å². The second kappa shape index (κ2) is 7.41. The van der Waals surface area contributed by atoms with Crippen LogP contribution in [-0.2, 0) is 11.2 Å². The molecule has 0 aliphatic rings. The van der Waals surface area contributed by atoms with E-state index in [2.05, 4.69) is 0 Å². The summed E-state index contributed by atoms with van der Waals surface area (Å²) in [6.45, 7) is 0. The van der Waals surface area contributed by atoms with E-state index in [0.29, 0.717) is 21.5 Å². The maximum absolute atomic E-state index is 11.4. The molecule has 0 radical (unpaired) electrons. The van der Waals surface area contributed by atoms with Gasteiger partial charge in [0.25, 0.3) is 0 Å². The number of benzene rings is 2. The minimum Gasteiger partial charge on any atom is -0.480 e. The molecule has 2 aromatic rings. The van der Waals surface area contributed by atoms with Crippen molar-refractivity contribution in [3.8, 4) is 0 Å². The lowest BCUT2D eigenvalue weighted by Crippen LogP contribution is -2.19. The minimum atomic E-state index is -0.897. The summed E-state index contributed by atoms with van der Waals surface area (Å²) >= 11 is 19.1.